The van der Waals surface area contributed by atoms with Crippen LogP contribution >= 0.6 is 0 Å². The van der Waals surface area contributed by atoms with Crippen molar-refractivity contribution < 1.29 is 9.90 Å². The molecule has 0 aromatic heterocycles. The lowest BCUT2D eigenvalue weighted by Crippen LogP contribution is -1.78. The Balaban J connectivity index is 0.000000461. The summed E-state index contributed by atoms with van der Waals surface area (Å²) in [5.41, 5.74) is 2.10. The zero-order chi connectivity index (χ0) is 8.85. The molecule has 0 heterocycles. The van der Waals surface area contributed by atoms with Crippen molar-refractivity contribution in [3.05, 3.63) is 29.3 Å². The number of rotatable bonds is 0. The van der Waals surface area contributed by atoms with E-state index >= 15 is 0 Å². The normalized spacial score (nSPS) is 8.64. The molecule has 0 bridgehead atoms. The summed E-state index contributed by atoms with van der Waals surface area (Å²) >= 11 is 0. The first-order valence-corrected chi connectivity index (χ1v) is 4.31. The fourth-order valence-corrected chi connectivity index (χ4v) is 0.736. The summed E-state index contributed by atoms with van der Waals surface area (Å²) in [4.78, 5) is 7.14. The van der Waals surface area contributed by atoms with Crippen LogP contribution in [-0.2, 0) is 0 Å². The molecule has 0 aliphatic carbocycles. The number of hydrogen-bond acceptors (Lipinski definition) is 2. The molecule has 0 atom stereocenters. The summed E-state index contributed by atoms with van der Waals surface area (Å²) in [5.74, 6) is 0.384. The molecule has 0 amide bonds. The zero-order valence-electron chi connectivity index (χ0n) is 7.13. The molecule has 0 saturated heterocycles. The van der Waals surface area contributed by atoms with Gasteiger partial charge in [0, 0.05) is 0 Å². The highest BCUT2D eigenvalue weighted by Gasteiger charge is 1.94. The van der Waals surface area contributed by atoms with Gasteiger partial charge < -0.3 is 9.90 Å². The van der Waals surface area contributed by atoms with Gasteiger partial charge in [0.25, 0.3) is 0 Å². The molecule has 0 aliphatic rings. The van der Waals surface area contributed by atoms with Gasteiger partial charge in [0.2, 0.25) is 0 Å². The van der Waals surface area contributed by atoms with Crippen LogP contribution in [0.25, 0.3) is 0 Å². The third-order valence-corrected chi connectivity index (χ3v) is 1.58. The molecule has 0 unspecified atom stereocenters. The van der Waals surface area contributed by atoms with E-state index in [2.05, 4.69) is 0 Å². The Labute approximate surface area is 70.0 Å². The summed E-state index contributed by atoms with van der Waals surface area (Å²) in [5, 5.41) is 9.10. The standard InChI is InChI=1S/C8H10O.H4OSi/c1-6-4-3-5-8(9)7(6)2;1-2/h3-5,9H,1-2H3;1H,2H3. The van der Waals surface area contributed by atoms with Crippen LogP contribution in [0.5, 0.6) is 5.75 Å². The van der Waals surface area contributed by atoms with Gasteiger partial charge in [-0.2, -0.15) is 0 Å². The van der Waals surface area contributed by atoms with Gasteiger partial charge in [0.1, 0.15) is 16.2 Å². The van der Waals surface area contributed by atoms with Crippen molar-refractivity contribution in [3.8, 4) is 5.75 Å². The second-order valence-corrected chi connectivity index (χ2v) is 2.22. The predicted octanol–water partition coefficient (Wildman–Crippen LogP) is 0.268. The van der Waals surface area contributed by atoms with Crippen LogP contribution in [0, 0.1) is 13.8 Å². The number of phenols is 1. The topological polar surface area (TPSA) is 40.5 Å². The van der Waals surface area contributed by atoms with Crippen molar-refractivity contribution in [2.24, 2.45) is 0 Å². The maximum atomic E-state index is 9.10. The lowest BCUT2D eigenvalue weighted by molar-refractivity contribution is 0.470. The van der Waals surface area contributed by atoms with E-state index in [9.17, 15) is 0 Å². The molecule has 0 spiro atoms. The van der Waals surface area contributed by atoms with E-state index in [4.69, 9.17) is 9.90 Å². The molecular weight excluding hydrogens is 156 g/mol. The third-order valence-electron chi connectivity index (χ3n) is 1.58. The first-order chi connectivity index (χ1) is 5.22. The molecule has 3 heteroatoms. The molecule has 0 aliphatic heterocycles. The number of benzene rings is 1. The summed E-state index contributed by atoms with van der Waals surface area (Å²) in [6.07, 6.45) is 0. The van der Waals surface area contributed by atoms with Crippen LogP contribution in [0.4, 0.5) is 0 Å². The first-order valence-electron chi connectivity index (χ1n) is 3.41. The average molecular weight is 170 g/mol. The fourth-order valence-electron chi connectivity index (χ4n) is 0.736. The van der Waals surface area contributed by atoms with E-state index in [0.29, 0.717) is 16.2 Å². The molecular formula is C8H14O2Si. The van der Waals surface area contributed by atoms with Gasteiger partial charge in [-0.05, 0) is 31.0 Å². The van der Waals surface area contributed by atoms with Crippen LogP contribution in [-0.4, -0.2) is 20.4 Å². The molecule has 1 rings (SSSR count). The quantitative estimate of drug-likeness (QED) is 0.549. The Hall–Kier alpha value is -0.803. The second kappa shape index (κ2) is 4.93. The third kappa shape index (κ3) is 2.74. The monoisotopic (exact) mass is 170 g/mol. The van der Waals surface area contributed by atoms with Gasteiger partial charge >= 0.3 is 0 Å². The van der Waals surface area contributed by atoms with Gasteiger partial charge in [-0.15, -0.1) is 0 Å². The van der Waals surface area contributed by atoms with E-state index in [-0.39, 0.29) is 0 Å². The number of phenolic OH excluding ortho intramolecular Hbond substituents is 1. The van der Waals surface area contributed by atoms with Gasteiger partial charge in [0.15, 0.2) is 0 Å². The Kier molecular flexibility index (Phi) is 4.57. The predicted molar refractivity (Wildman–Crippen MR) is 49.7 cm³/mol. The maximum Gasteiger partial charge on any atom is 0.141 e. The summed E-state index contributed by atoms with van der Waals surface area (Å²) in [7, 11) is 0.306. The van der Waals surface area contributed by atoms with Gasteiger partial charge in [0.05, 0.1) is 0 Å². The van der Waals surface area contributed by atoms with Crippen molar-refractivity contribution in [3.63, 3.8) is 0 Å². The molecule has 2 N–H and O–H groups in total. The highest BCUT2D eigenvalue weighted by molar-refractivity contribution is 5.95. The Morgan fingerprint density at radius 3 is 2.09 bits per heavy atom. The van der Waals surface area contributed by atoms with Crippen LogP contribution in [0.1, 0.15) is 11.1 Å². The van der Waals surface area contributed by atoms with Gasteiger partial charge in [-0.3, -0.25) is 0 Å². The van der Waals surface area contributed by atoms with E-state index in [0.717, 1.165) is 11.1 Å². The molecule has 0 fully saturated rings. The minimum Gasteiger partial charge on any atom is -0.508 e. The van der Waals surface area contributed by atoms with Gasteiger partial charge in [-0.25, -0.2) is 0 Å². The molecule has 0 saturated carbocycles. The van der Waals surface area contributed by atoms with Crippen molar-refractivity contribution in [2.45, 2.75) is 13.8 Å². The minimum absolute atomic E-state index is 0.306. The van der Waals surface area contributed by atoms with Crippen LogP contribution in [0.3, 0.4) is 0 Å². The highest BCUT2D eigenvalue weighted by Crippen LogP contribution is 2.17. The highest BCUT2D eigenvalue weighted by atomic mass is 28.2. The van der Waals surface area contributed by atoms with Crippen molar-refractivity contribution in [1.29, 1.82) is 0 Å². The van der Waals surface area contributed by atoms with Gasteiger partial charge in [-0.1, -0.05) is 12.1 Å². The molecule has 1 aromatic rings. The average Bonchev–Trinajstić information content (AvgIpc) is 2.04. The van der Waals surface area contributed by atoms with E-state index in [1.807, 2.05) is 26.0 Å². The largest absolute Gasteiger partial charge is 0.508 e. The SMILES string of the molecule is Cc1cccc(O)c1C.O[SiH3]. The second-order valence-electron chi connectivity index (χ2n) is 2.22. The van der Waals surface area contributed by atoms with Crippen molar-refractivity contribution in [2.75, 3.05) is 0 Å². The smallest absolute Gasteiger partial charge is 0.141 e. The Morgan fingerprint density at radius 2 is 1.73 bits per heavy atom. The van der Waals surface area contributed by atoms with Crippen LogP contribution in [0.2, 0.25) is 0 Å². The molecule has 62 valence electrons. The maximum absolute atomic E-state index is 9.10. The molecule has 1 aromatic carbocycles. The summed E-state index contributed by atoms with van der Waals surface area (Å²) < 4.78 is 0. The lowest BCUT2D eigenvalue weighted by Gasteiger charge is -1.99. The van der Waals surface area contributed by atoms with E-state index < -0.39 is 0 Å². The number of aryl methyl sites for hydroxylation is 1. The Bertz CT molecular complexity index is 203. The number of aromatic hydroxyl groups is 1. The van der Waals surface area contributed by atoms with Crippen LogP contribution in [0.15, 0.2) is 18.2 Å². The minimum atomic E-state index is 0.306. The molecule has 11 heavy (non-hydrogen) atoms. The number of hydrogen-bond donors (Lipinski definition) is 2. The molecule has 2 nitrogen and oxygen atoms in total. The molecule has 0 radical (unpaired) electrons. The van der Waals surface area contributed by atoms with E-state index in [1.165, 1.54) is 0 Å². The zero-order valence-corrected chi connectivity index (χ0v) is 9.13. The van der Waals surface area contributed by atoms with E-state index in [1.54, 1.807) is 6.07 Å². The van der Waals surface area contributed by atoms with Crippen molar-refractivity contribution in [1.82, 2.24) is 0 Å². The lowest BCUT2D eigenvalue weighted by atomic mass is 10.1. The Morgan fingerprint density at radius 1 is 1.18 bits per heavy atom. The van der Waals surface area contributed by atoms with Crippen LogP contribution < -0.4 is 0 Å². The first kappa shape index (κ1) is 10.2. The summed E-state index contributed by atoms with van der Waals surface area (Å²) in [6.45, 7) is 3.89. The fraction of sp³-hybridized carbons (Fsp3) is 0.250. The summed E-state index contributed by atoms with van der Waals surface area (Å²) in [6, 6.07) is 5.52. The van der Waals surface area contributed by atoms with Crippen molar-refractivity contribution >= 4 is 10.5 Å².